The van der Waals surface area contributed by atoms with E-state index in [4.69, 9.17) is 21.1 Å². The summed E-state index contributed by atoms with van der Waals surface area (Å²) in [7, 11) is 1.60. The topological polar surface area (TPSA) is 67.8 Å². The van der Waals surface area contributed by atoms with E-state index in [9.17, 15) is 9.90 Å². The van der Waals surface area contributed by atoms with E-state index in [1.807, 2.05) is 36.4 Å². The molecule has 0 radical (unpaired) electrons. The van der Waals surface area contributed by atoms with E-state index in [1.54, 1.807) is 19.2 Å². The van der Waals surface area contributed by atoms with Gasteiger partial charge in [0.15, 0.2) is 11.5 Å². The molecule has 0 spiro atoms. The average Bonchev–Trinajstić information content (AvgIpc) is 2.72. The fourth-order valence-corrected chi connectivity index (χ4v) is 3.07. The van der Waals surface area contributed by atoms with Crippen molar-refractivity contribution in [3.05, 3.63) is 87.9 Å². The maximum absolute atomic E-state index is 11.2. The van der Waals surface area contributed by atoms with Gasteiger partial charge in [-0.05, 0) is 53.9 Å². The van der Waals surface area contributed by atoms with Gasteiger partial charge in [-0.2, -0.15) is 0 Å². The SMILES string of the molecule is COc1cc(CNc2ccc(Cl)c(C(=O)O)c2)ccc1OCc1ccccc1C. The molecule has 3 aromatic rings. The predicted octanol–water partition coefficient (Wildman–Crippen LogP) is 5.55. The molecule has 0 saturated heterocycles. The lowest BCUT2D eigenvalue weighted by Crippen LogP contribution is -2.04. The number of rotatable bonds is 8. The van der Waals surface area contributed by atoms with Crippen molar-refractivity contribution < 1.29 is 19.4 Å². The second kappa shape index (κ2) is 9.34. The van der Waals surface area contributed by atoms with Crippen LogP contribution in [0, 0.1) is 6.92 Å². The Labute approximate surface area is 174 Å². The number of halogens is 1. The lowest BCUT2D eigenvalue weighted by atomic mass is 10.1. The smallest absolute Gasteiger partial charge is 0.337 e. The summed E-state index contributed by atoms with van der Waals surface area (Å²) in [4.78, 5) is 11.2. The molecule has 29 heavy (non-hydrogen) atoms. The number of carboxylic acids is 1. The van der Waals surface area contributed by atoms with E-state index in [2.05, 4.69) is 18.3 Å². The van der Waals surface area contributed by atoms with Crippen molar-refractivity contribution in [2.75, 3.05) is 12.4 Å². The average molecular weight is 412 g/mol. The summed E-state index contributed by atoms with van der Waals surface area (Å²) >= 11 is 5.91. The van der Waals surface area contributed by atoms with Crippen LogP contribution < -0.4 is 14.8 Å². The van der Waals surface area contributed by atoms with Crippen molar-refractivity contribution in [2.45, 2.75) is 20.1 Å². The first-order valence-electron chi connectivity index (χ1n) is 9.09. The van der Waals surface area contributed by atoms with Crippen molar-refractivity contribution in [1.82, 2.24) is 0 Å². The van der Waals surface area contributed by atoms with E-state index >= 15 is 0 Å². The van der Waals surface area contributed by atoms with Crippen molar-refractivity contribution in [1.29, 1.82) is 0 Å². The van der Waals surface area contributed by atoms with E-state index < -0.39 is 5.97 Å². The number of ether oxygens (including phenoxy) is 2. The van der Waals surface area contributed by atoms with Gasteiger partial charge in [0, 0.05) is 12.2 Å². The third-order valence-electron chi connectivity index (χ3n) is 4.57. The lowest BCUT2D eigenvalue weighted by molar-refractivity contribution is 0.0697. The third-order valence-corrected chi connectivity index (χ3v) is 4.90. The quantitative estimate of drug-likeness (QED) is 0.509. The third kappa shape index (κ3) is 5.21. The van der Waals surface area contributed by atoms with Crippen LogP contribution in [0.4, 0.5) is 5.69 Å². The minimum atomic E-state index is -1.06. The van der Waals surface area contributed by atoms with Gasteiger partial charge in [0.1, 0.15) is 6.61 Å². The molecule has 0 heterocycles. The molecule has 150 valence electrons. The van der Waals surface area contributed by atoms with Gasteiger partial charge in [-0.25, -0.2) is 4.79 Å². The van der Waals surface area contributed by atoms with Crippen LogP contribution in [-0.2, 0) is 13.2 Å². The zero-order valence-corrected chi connectivity index (χ0v) is 17.0. The highest BCUT2D eigenvalue weighted by Gasteiger charge is 2.10. The standard InChI is InChI=1S/C23H22ClNO4/c1-15-5-3-4-6-17(15)14-29-21-10-7-16(11-22(21)28-2)13-25-18-8-9-20(24)19(12-18)23(26)27/h3-12,25H,13-14H2,1-2H3,(H,26,27). The molecule has 0 saturated carbocycles. The number of benzene rings is 3. The Morgan fingerprint density at radius 3 is 2.59 bits per heavy atom. The molecule has 0 aliphatic rings. The number of aromatic carboxylic acids is 1. The molecule has 3 aromatic carbocycles. The molecule has 3 rings (SSSR count). The van der Waals surface area contributed by atoms with Gasteiger partial charge in [0.25, 0.3) is 0 Å². The minimum absolute atomic E-state index is 0.0641. The highest BCUT2D eigenvalue weighted by Crippen LogP contribution is 2.30. The van der Waals surface area contributed by atoms with E-state index in [0.717, 1.165) is 11.1 Å². The van der Waals surface area contributed by atoms with Crippen LogP contribution in [0.25, 0.3) is 0 Å². The zero-order valence-electron chi connectivity index (χ0n) is 16.2. The first-order valence-corrected chi connectivity index (χ1v) is 9.46. The molecule has 0 aliphatic carbocycles. The maximum atomic E-state index is 11.2. The van der Waals surface area contributed by atoms with E-state index in [-0.39, 0.29) is 10.6 Å². The Morgan fingerprint density at radius 2 is 1.86 bits per heavy atom. The van der Waals surface area contributed by atoms with Crippen molar-refractivity contribution >= 4 is 23.3 Å². The number of hydrogen-bond donors (Lipinski definition) is 2. The first-order chi connectivity index (χ1) is 14.0. The molecular weight excluding hydrogens is 390 g/mol. The van der Waals surface area contributed by atoms with Crippen LogP contribution in [0.5, 0.6) is 11.5 Å². The Bertz CT molecular complexity index is 1020. The first kappa shape index (κ1) is 20.6. The summed E-state index contributed by atoms with van der Waals surface area (Å²) in [6, 6.07) is 18.6. The highest BCUT2D eigenvalue weighted by molar-refractivity contribution is 6.33. The summed E-state index contributed by atoms with van der Waals surface area (Å²) in [6.07, 6.45) is 0. The van der Waals surface area contributed by atoms with Gasteiger partial charge in [-0.3, -0.25) is 0 Å². The van der Waals surface area contributed by atoms with Crippen LogP contribution in [-0.4, -0.2) is 18.2 Å². The number of nitrogens with one attached hydrogen (secondary N) is 1. The number of carbonyl (C=O) groups is 1. The van der Waals surface area contributed by atoms with Crippen molar-refractivity contribution in [3.63, 3.8) is 0 Å². The summed E-state index contributed by atoms with van der Waals surface area (Å²) in [6.45, 7) is 3.01. The number of anilines is 1. The maximum Gasteiger partial charge on any atom is 0.337 e. The second-order valence-electron chi connectivity index (χ2n) is 6.55. The van der Waals surface area contributed by atoms with Gasteiger partial charge in [-0.1, -0.05) is 41.9 Å². The monoisotopic (exact) mass is 411 g/mol. The number of hydrogen-bond acceptors (Lipinski definition) is 4. The number of carboxylic acid groups (broad SMARTS) is 1. The molecular formula is C23H22ClNO4. The van der Waals surface area contributed by atoms with Crippen LogP contribution in [0.3, 0.4) is 0 Å². The fraction of sp³-hybridized carbons (Fsp3) is 0.174. The molecule has 6 heteroatoms. The van der Waals surface area contributed by atoms with Crippen LogP contribution >= 0.6 is 11.6 Å². The molecule has 0 aliphatic heterocycles. The summed E-state index contributed by atoms with van der Waals surface area (Å²) in [5.41, 5.74) is 4.00. The van der Waals surface area contributed by atoms with Gasteiger partial charge >= 0.3 is 5.97 Å². The molecule has 0 aromatic heterocycles. The van der Waals surface area contributed by atoms with Crippen molar-refractivity contribution in [3.8, 4) is 11.5 Å². The molecule has 2 N–H and O–H groups in total. The van der Waals surface area contributed by atoms with Crippen LogP contribution in [0.1, 0.15) is 27.0 Å². The molecule has 0 bridgehead atoms. The molecule has 0 atom stereocenters. The normalized spacial score (nSPS) is 10.4. The molecule has 0 fully saturated rings. The van der Waals surface area contributed by atoms with E-state index in [1.165, 1.54) is 11.6 Å². The Hall–Kier alpha value is -3.18. The molecule has 0 unspecified atom stereocenters. The highest BCUT2D eigenvalue weighted by atomic mass is 35.5. The zero-order chi connectivity index (χ0) is 20.8. The summed E-state index contributed by atoms with van der Waals surface area (Å²) in [5.74, 6) is 0.245. The number of aryl methyl sites for hydroxylation is 1. The summed E-state index contributed by atoms with van der Waals surface area (Å²) < 4.78 is 11.4. The predicted molar refractivity (Wildman–Crippen MR) is 114 cm³/mol. The van der Waals surface area contributed by atoms with Gasteiger partial charge in [-0.15, -0.1) is 0 Å². The van der Waals surface area contributed by atoms with Crippen molar-refractivity contribution in [2.24, 2.45) is 0 Å². The number of methoxy groups -OCH3 is 1. The largest absolute Gasteiger partial charge is 0.493 e. The molecule has 5 nitrogen and oxygen atoms in total. The second-order valence-corrected chi connectivity index (χ2v) is 6.96. The summed E-state index contributed by atoms with van der Waals surface area (Å²) in [5, 5.41) is 12.6. The van der Waals surface area contributed by atoms with E-state index in [0.29, 0.717) is 30.3 Å². The van der Waals surface area contributed by atoms with Crippen LogP contribution in [0.15, 0.2) is 60.7 Å². The van der Waals surface area contributed by atoms with Gasteiger partial charge < -0.3 is 19.9 Å². The Morgan fingerprint density at radius 1 is 1.07 bits per heavy atom. The lowest BCUT2D eigenvalue weighted by Gasteiger charge is -2.14. The Kier molecular flexibility index (Phi) is 6.62. The Balaban J connectivity index is 1.68. The van der Waals surface area contributed by atoms with Gasteiger partial charge in [0.05, 0.1) is 17.7 Å². The fourth-order valence-electron chi connectivity index (χ4n) is 2.87. The molecule has 0 amide bonds. The van der Waals surface area contributed by atoms with Gasteiger partial charge in [0.2, 0.25) is 0 Å². The van der Waals surface area contributed by atoms with Crippen LogP contribution in [0.2, 0.25) is 5.02 Å². The minimum Gasteiger partial charge on any atom is -0.493 e.